The minimum Gasteiger partial charge on any atom is -0.465 e. The highest BCUT2D eigenvalue weighted by molar-refractivity contribution is 7.12. The lowest BCUT2D eigenvalue weighted by Gasteiger charge is -2.31. The number of carbonyl (C=O) groups is 1. The second kappa shape index (κ2) is 5.71. The summed E-state index contributed by atoms with van der Waals surface area (Å²) in [6.07, 6.45) is 0.0668. The van der Waals surface area contributed by atoms with Gasteiger partial charge in [-0.1, -0.05) is 0 Å². The SMILES string of the molecule is CN1CCN(Cc2cc3c(s2)CCN(C(=O)O)C3)CC1. The quantitative estimate of drug-likeness (QED) is 0.899. The Hall–Kier alpha value is -1.11. The minimum atomic E-state index is -0.803. The monoisotopic (exact) mass is 295 g/mol. The highest BCUT2D eigenvalue weighted by Crippen LogP contribution is 2.29. The molecule has 1 amide bonds. The van der Waals surface area contributed by atoms with Crippen LogP contribution in [0.3, 0.4) is 0 Å². The van der Waals surface area contributed by atoms with E-state index in [1.54, 1.807) is 0 Å². The van der Waals surface area contributed by atoms with Gasteiger partial charge >= 0.3 is 6.09 Å². The largest absolute Gasteiger partial charge is 0.465 e. The van der Waals surface area contributed by atoms with Gasteiger partial charge in [-0.15, -0.1) is 11.3 Å². The summed E-state index contributed by atoms with van der Waals surface area (Å²) in [5.41, 5.74) is 1.22. The van der Waals surface area contributed by atoms with Crippen LogP contribution in [0.5, 0.6) is 0 Å². The highest BCUT2D eigenvalue weighted by Gasteiger charge is 2.23. The average molecular weight is 295 g/mol. The van der Waals surface area contributed by atoms with E-state index in [2.05, 4.69) is 22.9 Å². The Kier molecular flexibility index (Phi) is 3.96. The molecule has 1 aromatic heterocycles. The van der Waals surface area contributed by atoms with E-state index in [-0.39, 0.29) is 0 Å². The molecule has 0 unspecified atom stereocenters. The number of hydrogen-bond donors (Lipinski definition) is 1. The first kappa shape index (κ1) is 13.9. The number of likely N-dealkylation sites (N-methyl/N-ethyl adjacent to an activating group) is 1. The van der Waals surface area contributed by atoms with Gasteiger partial charge in [-0.25, -0.2) is 4.79 Å². The first-order valence-corrected chi connectivity index (χ1v) is 7.92. The molecule has 3 heterocycles. The van der Waals surface area contributed by atoms with Gasteiger partial charge in [-0.3, -0.25) is 4.90 Å². The molecule has 5 nitrogen and oxygen atoms in total. The Morgan fingerprint density at radius 3 is 2.75 bits per heavy atom. The van der Waals surface area contributed by atoms with Crippen molar-refractivity contribution in [2.45, 2.75) is 19.5 Å². The molecule has 0 bridgehead atoms. The van der Waals surface area contributed by atoms with Crippen LogP contribution in [0.1, 0.15) is 15.3 Å². The van der Waals surface area contributed by atoms with Crippen molar-refractivity contribution in [1.82, 2.24) is 14.7 Å². The average Bonchev–Trinajstić information content (AvgIpc) is 2.82. The number of fused-ring (bicyclic) bond motifs is 1. The molecule has 0 atom stereocenters. The molecule has 1 fully saturated rings. The summed E-state index contributed by atoms with van der Waals surface area (Å²) in [6, 6.07) is 2.22. The van der Waals surface area contributed by atoms with Gasteiger partial charge in [0.25, 0.3) is 0 Å². The molecule has 6 heteroatoms. The van der Waals surface area contributed by atoms with Gasteiger partial charge in [0.15, 0.2) is 0 Å². The second-order valence-corrected chi connectivity index (χ2v) is 6.92. The smallest absolute Gasteiger partial charge is 0.407 e. The number of nitrogens with zero attached hydrogens (tertiary/aromatic N) is 3. The van der Waals surface area contributed by atoms with Crippen LogP contribution in [0.2, 0.25) is 0 Å². The molecule has 1 N–H and O–H groups in total. The van der Waals surface area contributed by atoms with Crippen LogP contribution < -0.4 is 0 Å². The number of amides is 1. The molecule has 1 saturated heterocycles. The molecule has 110 valence electrons. The van der Waals surface area contributed by atoms with E-state index < -0.39 is 6.09 Å². The zero-order valence-electron chi connectivity index (χ0n) is 11.8. The van der Waals surface area contributed by atoms with Crippen molar-refractivity contribution < 1.29 is 9.90 Å². The number of piperazine rings is 1. The van der Waals surface area contributed by atoms with Crippen molar-refractivity contribution in [3.8, 4) is 0 Å². The Morgan fingerprint density at radius 2 is 2.05 bits per heavy atom. The molecule has 2 aliphatic heterocycles. The molecule has 2 aliphatic rings. The summed E-state index contributed by atoms with van der Waals surface area (Å²) in [6.45, 7) is 6.73. The predicted octanol–water partition coefficient (Wildman–Crippen LogP) is 1.53. The van der Waals surface area contributed by atoms with Gasteiger partial charge in [0, 0.05) is 49.0 Å². The van der Waals surface area contributed by atoms with Crippen LogP contribution in [-0.2, 0) is 19.5 Å². The van der Waals surface area contributed by atoms with Gasteiger partial charge < -0.3 is 14.9 Å². The van der Waals surface area contributed by atoms with E-state index >= 15 is 0 Å². The van der Waals surface area contributed by atoms with Gasteiger partial charge in [-0.05, 0) is 25.1 Å². The lowest BCUT2D eigenvalue weighted by atomic mass is 10.1. The van der Waals surface area contributed by atoms with Crippen molar-refractivity contribution in [2.24, 2.45) is 0 Å². The van der Waals surface area contributed by atoms with Crippen molar-refractivity contribution in [1.29, 1.82) is 0 Å². The third-order valence-corrected chi connectivity index (χ3v) is 5.39. The van der Waals surface area contributed by atoms with Crippen LogP contribution in [0, 0.1) is 0 Å². The van der Waals surface area contributed by atoms with Crippen molar-refractivity contribution in [3.05, 3.63) is 21.4 Å². The van der Waals surface area contributed by atoms with Gasteiger partial charge in [0.1, 0.15) is 0 Å². The van der Waals surface area contributed by atoms with E-state index in [1.165, 1.54) is 20.2 Å². The van der Waals surface area contributed by atoms with E-state index in [9.17, 15) is 4.79 Å². The van der Waals surface area contributed by atoms with Gasteiger partial charge in [-0.2, -0.15) is 0 Å². The predicted molar refractivity (Wildman–Crippen MR) is 79.2 cm³/mol. The molecular formula is C14H21N3O2S. The maximum absolute atomic E-state index is 11.0. The molecule has 20 heavy (non-hydrogen) atoms. The van der Waals surface area contributed by atoms with Crippen LogP contribution >= 0.6 is 11.3 Å². The minimum absolute atomic E-state index is 0.559. The van der Waals surface area contributed by atoms with Crippen molar-refractivity contribution in [2.75, 3.05) is 39.8 Å². The summed E-state index contributed by atoms with van der Waals surface area (Å²) in [7, 11) is 2.17. The Labute approximate surface area is 123 Å². The zero-order valence-corrected chi connectivity index (χ0v) is 12.7. The van der Waals surface area contributed by atoms with Crippen LogP contribution in [0.25, 0.3) is 0 Å². The molecule has 0 aliphatic carbocycles. The first-order chi connectivity index (χ1) is 9.61. The molecule has 3 rings (SSSR count). The molecular weight excluding hydrogens is 274 g/mol. The topological polar surface area (TPSA) is 47.0 Å². The van der Waals surface area contributed by atoms with E-state index in [4.69, 9.17) is 5.11 Å². The Morgan fingerprint density at radius 1 is 1.30 bits per heavy atom. The van der Waals surface area contributed by atoms with Gasteiger partial charge in [0.2, 0.25) is 0 Å². The molecule has 0 spiro atoms. The maximum atomic E-state index is 11.0. The van der Waals surface area contributed by atoms with E-state index in [0.717, 1.165) is 39.1 Å². The fourth-order valence-corrected chi connectivity index (χ4v) is 4.07. The number of hydrogen-bond acceptors (Lipinski definition) is 4. The highest BCUT2D eigenvalue weighted by atomic mass is 32.1. The summed E-state index contributed by atoms with van der Waals surface area (Å²) >= 11 is 1.87. The normalized spacial score (nSPS) is 20.9. The molecule has 0 radical (unpaired) electrons. The summed E-state index contributed by atoms with van der Waals surface area (Å²) < 4.78 is 0. The summed E-state index contributed by atoms with van der Waals surface area (Å²) in [5.74, 6) is 0. The maximum Gasteiger partial charge on any atom is 0.407 e. The number of thiophene rings is 1. The fourth-order valence-electron chi connectivity index (χ4n) is 2.86. The van der Waals surface area contributed by atoms with Crippen molar-refractivity contribution in [3.63, 3.8) is 0 Å². The number of carboxylic acid groups (broad SMARTS) is 1. The van der Waals surface area contributed by atoms with Crippen LogP contribution in [0.15, 0.2) is 6.07 Å². The molecule has 1 aromatic rings. The fraction of sp³-hybridized carbons (Fsp3) is 0.643. The van der Waals surface area contributed by atoms with Gasteiger partial charge in [0.05, 0.1) is 6.54 Å². The summed E-state index contributed by atoms with van der Waals surface area (Å²) in [4.78, 5) is 20.2. The van der Waals surface area contributed by atoms with Crippen LogP contribution in [0.4, 0.5) is 4.79 Å². The second-order valence-electron chi connectivity index (χ2n) is 5.69. The standard InChI is InChI=1S/C14H21N3O2S/c1-15-4-6-16(7-5-15)10-12-8-11-9-17(14(18)19)3-2-13(11)20-12/h8H,2-7,9-10H2,1H3,(H,18,19). The third kappa shape index (κ3) is 2.97. The lowest BCUT2D eigenvalue weighted by Crippen LogP contribution is -2.43. The third-order valence-electron chi connectivity index (χ3n) is 4.16. The molecule has 0 saturated carbocycles. The number of rotatable bonds is 2. The van der Waals surface area contributed by atoms with E-state index in [1.807, 2.05) is 11.3 Å². The van der Waals surface area contributed by atoms with Crippen LogP contribution in [-0.4, -0.2) is 65.7 Å². The lowest BCUT2D eigenvalue weighted by molar-refractivity contribution is 0.140. The molecule has 0 aromatic carbocycles. The zero-order chi connectivity index (χ0) is 14.1. The Bertz CT molecular complexity index is 495. The Balaban J connectivity index is 1.63. The summed E-state index contributed by atoms with van der Waals surface area (Å²) in [5, 5.41) is 9.07. The first-order valence-electron chi connectivity index (χ1n) is 7.11. The van der Waals surface area contributed by atoms with E-state index in [0.29, 0.717) is 13.1 Å². The van der Waals surface area contributed by atoms with Crippen molar-refractivity contribution >= 4 is 17.4 Å².